The number of anilines is 2. The number of nitrogens with zero attached hydrogens (tertiary/aromatic N) is 3. The molecule has 2 heterocycles. The van der Waals surface area contributed by atoms with E-state index in [0.29, 0.717) is 11.7 Å². The van der Waals surface area contributed by atoms with Gasteiger partial charge in [-0.3, -0.25) is 0 Å². The first-order chi connectivity index (χ1) is 10.6. The van der Waals surface area contributed by atoms with Gasteiger partial charge in [-0.1, -0.05) is 5.16 Å². The zero-order valence-corrected chi connectivity index (χ0v) is 13.3. The summed E-state index contributed by atoms with van der Waals surface area (Å²) in [6.45, 7) is 9.44. The number of morpholine rings is 1. The molecule has 0 saturated carbocycles. The molecule has 22 heavy (non-hydrogen) atoms. The fourth-order valence-corrected chi connectivity index (χ4v) is 2.61. The lowest BCUT2D eigenvalue weighted by Crippen LogP contribution is -2.36. The Morgan fingerprint density at radius 3 is 2.64 bits per heavy atom. The van der Waals surface area contributed by atoms with E-state index in [1.807, 2.05) is 13.8 Å². The third-order valence-electron chi connectivity index (χ3n) is 3.87. The SMILES string of the molecule is Cc1noc([C@H](C)Nc2ccc(N3CCOCC3)cc2C)n1. The minimum atomic E-state index is -0.0193. The highest BCUT2D eigenvalue weighted by Crippen LogP contribution is 2.26. The van der Waals surface area contributed by atoms with Crippen LogP contribution in [0.2, 0.25) is 0 Å². The Hall–Kier alpha value is -2.08. The highest BCUT2D eigenvalue weighted by atomic mass is 16.5. The maximum absolute atomic E-state index is 5.40. The molecule has 2 aromatic rings. The number of ether oxygens (including phenoxy) is 1. The van der Waals surface area contributed by atoms with Crippen molar-refractivity contribution in [3.63, 3.8) is 0 Å². The predicted octanol–water partition coefficient (Wildman–Crippen LogP) is 2.70. The molecule has 118 valence electrons. The molecular formula is C16H22N4O2. The fourth-order valence-electron chi connectivity index (χ4n) is 2.61. The minimum Gasteiger partial charge on any atom is -0.378 e. The number of benzene rings is 1. The van der Waals surface area contributed by atoms with Crippen molar-refractivity contribution in [3.8, 4) is 0 Å². The number of rotatable bonds is 4. The first-order valence-electron chi connectivity index (χ1n) is 7.63. The highest BCUT2D eigenvalue weighted by molar-refractivity contribution is 5.60. The summed E-state index contributed by atoms with van der Waals surface area (Å²) in [5.41, 5.74) is 3.53. The highest BCUT2D eigenvalue weighted by Gasteiger charge is 2.15. The van der Waals surface area contributed by atoms with Crippen LogP contribution < -0.4 is 10.2 Å². The van der Waals surface area contributed by atoms with Gasteiger partial charge >= 0.3 is 0 Å². The molecule has 3 rings (SSSR count). The smallest absolute Gasteiger partial charge is 0.248 e. The van der Waals surface area contributed by atoms with E-state index in [0.717, 1.165) is 32.0 Å². The lowest BCUT2D eigenvalue weighted by molar-refractivity contribution is 0.122. The van der Waals surface area contributed by atoms with Crippen molar-refractivity contribution in [1.82, 2.24) is 10.1 Å². The zero-order chi connectivity index (χ0) is 15.5. The van der Waals surface area contributed by atoms with Crippen LogP contribution in [0.1, 0.15) is 30.2 Å². The molecular weight excluding hydrogens is 280 g/mol. The lowest BCUT2D eigenvalue weighted by Gasteiger charge is -2.29. The maximum atomic E-state index is 5.40. The molecule has 6 heteroatoms. The first kappa shape index (κ1) is 14.8. The topological polar surface area (TPSA) is 63.4 Å². The van der Waals surface area contributed by atoms with Crippen LogP contribution in [0.4, 0.5) is 11.4 Å². The second-order valence-corrected chi connectivity index (χ2v) is 5.64. The summed E-state index contributed by atoms with van der Waals surface area (Å²) in [7, 11) is 0. The summed E-state index contributed by atoms with van der Waals surface area (Å²) in [5.74, 6) is 1.26. The minimum absolute atomic E-state index is 0.0193. The molecule has 0 radical (unpaired) electrons. The van der Waals surface area contributed by atoms with Crippen LogP contribution in [-0.4, -0.2) is 36.4 Å². The van der Waals surface area contributed by atoms with Gasteiger partial charge in [-0.05, 0) is 44.5 Å². The zero-order valence-electron chi connectivity index (χ0n) is 13.3. The average Bonchev–Trinajstić information content (AvgIpc) is 2.97. The first-order valence-corrected chi connectivity index (χ1v) is 7.63. The van der Waals surface area contributed by atoms with E-state index in [2.05, 4.69) is 45.5 Å². The normalized spacial score (nSPS) is 16.6. The van der Waals surface area contributed by atoms with E-state index in [-0.39, 0.29) is 6.04 Å². The molecule has 6 nitrogen and oxygen atoms in total. The number of aromatic nitrogens is 2. The molecule has 0 amide bonds. The van der Waals surface area contributed by atoms with Crippen molar-refractivity contribution >= 4 is 11.4 Å². The van der Waals surface area contributed by atoms with E-state index in [1.54, 1.807) is 0 Å². The molecule has 1 saturated heterocycles. The summed E-state index contributed by atoms with van der Waals surface area (Å²) in [6, 6.07) is 6.44. The van der Waals surface area contributed by atoms with Crippen molar-refractivity contribution in [2.24, 2.45) is 0 Å². The Kier molecular flexibility index (Phi) is 4.29. The summed E-state index contributed by atoms with van der Waals surface area (Å²) < 4.78 is 10.6. The van der Waals surface area contributed by atoms with E-state index in [4.69, 9.17) is 9.26 Å². The fraction of sp³-hybridized carbons (Fsp3) is 0.500. The molecule has 1 aromatic carbocycles. The number of hydrogen-bond acceptors (Lipinski definition) is 6. The van der Waals surface area contributed by atoms with Gasteiger partial charge in [-0.25, -0.2) is 0 Å². The second kappa shape index (κ2) is 6.36. The van der Waals surface area contributed by atoms with Crippen LogP contribution in [0, 0.1) is 13.8 Å². The Bertz CT molecular complexity index is 635. The van der Waals surface area contributed by atoms with Crippen LogP contribution >= 0.6 is 0 Å². The van der Waals surface area contributed by atoms with Gasteiger partial charge in [-0.2, -0.15) is 4.98 Å². The predicted molar refractivity (Wildman–Crippen MR) is 85.3 cm³/mol. The number of aryl methyl sites for hydroxylation is 2. The van der Waals surface area contributed by atoms with Crippen molar-refractivity contribution in [1.29, 1.82) is 0 Å². The van der Waals surface area contributed by atoms with Gasteiger partial charge in [0.05, 0.1) is 13.2 Å². The van der Waals surface area contributed by atoms with Crippen molar-refractivity contribution in [2.45, 2.75) is 26.8 Å². The molecule has 1 aliphatic rings. The summed E-state index contributed by atoms with van der Waals surface area (Å²) in [6.07, 6.45) is 0. The monoisotopic (exact) mass is 302 g/mol. The van der Waals surface area contributed by atoms with Gasteiger partial charge in [0, 0.05) is 24.5 Å². The molecule has 1 aromatic heterocycles. The third kappa shape index (κ3) is 3.22. The number of nitrogens with one attached hydrogen (secondary N) is 1. The van der Waals surface area contributed by atoms with Crippen LogP contribution in [0.5, 0.6) is 0 Å². The van der Waals surface area contributed by atoms with Crippen LogP contribution in [0.25, 0.3) is 0 Å². The molecule has 0 aliphatic carbocycles. The van der Waals surface area contributed by atoms with Gasteiger partial charge in [0.15, 0.2) is 5.82 Å². The van der Waals surface area contributed by atoms with Crippen molar-refractivity contribution in [2.75, 3.05) is 36.5 Å². The molecule has 0 spiro atoms. The van der Waals surface area contributed by atoms with Crippen molar-refractivity contribution in [3.05, 3.63) is 35.5 Å². The largest absolute Gasteiger partial charge is 0.378 e. The van der Waals surface area contributed by atoms with Crippen LogP contribution in [0.15, 0.2) is 22.7 Å². The van der Waals surface area contributed by atoms with Crippen LogP contribution in [-0.2, 0) is 4.74 Å². The van der Waals surface area contributed by atoms with Gasteiger partial charge in [0.2, 0.25) is 5.89 Å². The van der Waals surface area contributed by atoms with Crippen molar-refractivity contribution < 1.29 is 9.26 Å². The molecule has 1 fully saturated rings. The Morgan fingerprint density at radius 1 is 1.23 bits per heavy atom. The number of hydrogen-bond donors (Lipinski definition) is 1. The van der Waals surface area contributed by atoms with E-state index < -0.39 is 0 Å². The Labute approximate surface area is 130 Å². The molecule has 1 atom stereocenters. The average molecular weight is 302 g/mol. The Morgan fingerprint density at radius 2 is 2.00 bits per heavy atom. The Balaban J connectivity index is 1.71. The quantitative estimate of drug-likeness (QED) is 0.937. The maximum Gasteiger partial charge on any atom is 0.248 e. The second-order valence-electron chi connectivity index (χ2n) is 5.64. The molecule has 1 aliphatic heterocycles. The summed E-state index contributed by atoms with van der Waals surface area (Å²) in [4.78, 5) is 6.62. The third-order valence-corrected chi connectivity index (χ3v) is 3.87. The summed E-state index contributed by atoms with van der Waals surface area (Å²) in [5, 5.41) is 7.26. The molecule has 1 N–H and O–H groups in total. The standard InChI is InChI=1S/C16H22N4O2/c1-11-10-14(20-6-8-21-9-7-20)4-5-15(11)17-12(2)16-18-13(3)19-22-16/h4-5,10,12,17H,6-9H2,1-3H3/t12-/m0/s1. The van der Waals surface area contributed by atoms with Gasteiger partial charge < -0.3 is 19.5 Å². The molecule has 0 unspecified atom stereocenters. The molecule has 0 bridgehead atoms. The lowest BCUT2D eigenvalue weighted by atomic mass is 10.1. The van der Waals surface area contributed by atoms with E-state index in [1.165, 1.54) is 11.3 Å². The van der Waals surface area contributed by atoms with Crippen LogP contribution in [0.3, 0.4) is 0 Å². The van der Waals surface area contributed by atoms with E-state index in [9.17, 15) is 0 Å². The summed E-state index contributed by atoms with van der Waals surface area (Å²) >= 11 is 0. The van der Waals surface area contributed by atoms with Gasteiger partial charge in [0.1, 0.15) is 6.04 Å². The van der Waals surface area contributed by atoms with E-state index >= 15 is 0 Å². The van der Waals surface area contributed by atoms with Gasteiger partial charge in [-0.15, -0.1) is 0 Å². The van der Waals surface area contributed by atoms with Gasteiger partial charge in [0.25, 0.3) is 0 Å².